The summed E-state index contributed by atoms with van der Waals surface area (Å²) in [6.45, 7) is -0.276. The lowest BCUT2D eigenvalue weighted by atomic mass is 10.1. The third kappa shape index (κ3) is 5.01. The fourth-order valence-electron chi connectivity index (χ4n) is 2.87. The van der Waals surface area contributed by atoms with Gasteiger partial charge in [0.15, 0.2) is 18.2 Å². The summed E-state index contributed by atoms with van der Waals surface area (Å²) < 4.78 is 23.6. The Hall–Kier alpha value is -3.62. The fourth-order valence-corrected chi connectivity index (χ4v) is 2.87. The molecule has 2 N–H and O–H groups in total. The second kappa shape index (κ2) is 9.05. The van der Waals surface area contributed by atoms with E-state index >= 15 is 0 Å². The second-order valence-corrected chi connectivity index (χ2v) is 6.36. The Bertz CT molecular complexity index is 903. The molecule has 0 spiro atoms. The minimum atomic E-state index is -0.655. The summed E-state index contributed by atoms with van der Waals surface area (Å²) in [5, 5.41) is 0. The first kappa shape index (κ1) is 20.1. The van der Waals surface area contributed by atoms with Crippen LogP contribution in [0.25, 0.3) is 0 Å². The SMILES string of the molecule is COc1ccc(N2CC(C(=O)NNC(=O)COc3ccccc3F)CC2=O)cc1. The smallest absolute Gasteiger partial charge is 0.276 e. The summed E-state index contributed by atoms with van der Waals surface area (Å²) in [7, 11) is 1.55. The van der Waals surface area contributed by atoms with Crippen molar-refractivity contribution in [3.8, 4) is 11.5 Å². The molecule has 3 amide bonds. The molecule has 1 saturated heterocycles. The molecule has 1 aliphatic rings. The van der Waals surface area contributed by atoms with Crippen LogP contribution >= 0.6 is 0 Å². The molecular weight excluding hydrogens is 381 g/mol. The van der Waals surface area contributed by atoms with E-state index in [0.717, 1.165) is 0 Å². The largest absolute Gasteiger partial charge is 0.497 e. The molecule has 9 heteroatoms. The predicted octanol–water partition coefficient (Wildman–Crippen LogP) is 1.41. The van der Waals surface area contributed by atoms with Gasteiger partial charge in [0.05, 0.1) is 13.0 Å². The molecule has 2 aromatic carbocycles. The van der Waals surface area contributed by atoms with E-state index < -0.39 is 30.2 Å². The Morgan fingerprint density at radius 3 is 2.55 bits per heavy atom. The van der Waals surface area contributed by atoms with Crippen LogP contribution in [0.15, 0.2) is 48.5 Å². The number of hydrazine groups is 1. The molecule has 1 unspecified atom stereocenters. The van der Waals surface area contributed by atoms with E-state index in [1.165, 1.54) is 23.1 Å². The van der Waals surface area contributed by atoms with Gasteiger partial charge in [-0.1, -0.05) is 12.1 Å². The summed E-state index contributed by atoms with van der Waals surface area (Å²) in [6.07, 6.45) is 0.0272. The summed E-state index contributed by atoms with van der Waals surface area (Å²) >= 11 is 0. The topological polar surface area (TPSA) is 97.0 Å². The molecule has 1 heterocycles. The van der Waals surface area contributed by atoms with Crippen molar-refractivity contribution in [1.29, 1.82) is 0 Å². The van der Waals surface area contributed by atoms with Crippen LogP contribution in [-0.2, 0) is 14.4 Å². The van der Waals surface area contributed by atoms with Crippen LogP contribution in [0, 0.1) is 11.7 Å². The van der Waals surface area contributed by atoms with Gasteiger partial charge in [-0.2, -0.15) is 0 Å². The number of carbonyl (C=O) groups excluding carboxylic acids is 3. The van der Waals surface area contributed by atoms with Gasteiger partial charge in [0.2, 0.25) is 11.8 Å². The quantitative estimate of drug-likeness (QED) is 0.714. The molecule has 0 aromatic heterocycles. The normalized spacial score (nSPS) is 15.7. The zero-order chi connectivity index (χ0) is 20.8. The maximum absolute atomic E-state index is 13.4. The van der Waals surface area contributed by atoms with Gasteiger partial charge in [-0.25, -0.2) is 4.39 Å². The zero-order valence-corrected chi connectivity index (χ0v) is 15.7. The van der Waals surface area contributed by atoms with Crippen molar-refractivity contribution >= 4 is 23.4 Å². The third-order valence-corrected chi connectivity index (χ3v) is 4.40. The van der Waals surface area contributed by atoms with Gasteiger partial charge in [-0.3, -0.25) is 25.2 Å². The highest BCUT2D eigenvalue weighted by Crippen LogP contribution is 2.26. The Labute approximate surface area is 166 Å². The van der Waals surface area contributed by atoms with E-state index in [4.69, 9.17) is 9.47 Å². The number of anilines is 1. The molecule has 0 radical (unpaired) electrons. The zero-order valence-electron chi connectivity index (χ0n) is 15.7. The number of halogens is 1. The summed E-state index contributed by atoms with van der Waals surface area (Å²) in [5.41, 5.74) is 5.14. The monoisotopic (exact) mass is 401 g/mol. The van der Waals surface area contributed by atoms with E-state index in [2.05, 4.69) is 10.9 Å². The maximum Gasteiger partial charge on any atom is 0.276 e. The molecule has 1 atom stereocenters. The van der Waals surface area contributed by atoms with Crippen molar-refractivity contribution in [1.82, 2.24) is 10.9 Å². The highest BCUT2D eigenvalue weighted by atomic mass is 19.1. The maximum atomic E-state index is 13.4. The van der Waals surface area contributed by atoms with Gasteiger partial charge in [0.1, 0.15) is 5.75 Å². The van der Waals surface area contributed by atoms with E-state index in [9.17, 15) is 18.8 Å². The highest BCUT2D eigenvalue weighted by Gasteiger charge is 2.35. The molecule has 2 aromatic rings. The molecule has 8 nitrogen and oxygen atoms in total. The Balaban J connectivity index is 1.47. The van der Waals surface area contributed by atoms with Crippen LogP contribution in [0.1, 0.15) is 6.42 Å². The van der Waals surface area contributed by atoms with Crippen molar-refractivity contribution in [2.24, 2.45) is 5.92 Å². The lowest BCUT2D eigenvalue weighted by Crippen LogP contribution is -2.46. The number of para-hydroxylation sites is 1. The first-order valence-corrected chi connectivity index (χ1v) is 8.88. The molecule has 0 aliphatic carbocycles. The number of hydrogen-bond acceptors (Lipinski definition) is 5. The molecule has 152 valence electrons. The molecule has 29 heavy (non-hydrogen) atoms. The summed E-state index contributed by atoms with van der Waals surface area (Å²) in [6, 6.07) is 12.6. The van der Waals surface area contributed by atoms with Gasteiger partial charge in [0, 0.05) is 18.7 Å². The van der Waals surface area contributed by atoms with Crippen molar-refractivity contribution in [2.45, 2.75) is 6.42 Å². The summed E-state index contributed by atoms with van der Waals surface area (Å²) in [5.74, 6) is -1.94. The van der Waals surface area contributed by atoms with Gasteiger partial charge in [-0.15, -0.1) is 0 Å². The number of nitrogens with one attached hydrogen (secondary N) is 2. The Morgan fingerprint density at radius 2 is 1.86 bits per heavy atom. The van der Waals surface area contributed by atoms with Gasteiger partial charge >= 0.3 is 0 Å². The van der Waals surface area contributed by atoms with Crippen molar-refractivity contribution in [3.63, 3.8) is 0 Å². The average Bonchev–Trinajstić information content (AvgIpc) is 3.13. The predicted molar refractivity (Wildman–Crippen MR) is 102 cm³/mol. The van der Waals surface area contributed by atoms with Crippen LogP contribution in [-0.4, -0.2) is 38.0 Å². The van der Waals surface area contributed by atoms with E-state index in [1.807, 2.05) is 0 Å². The van der Waals surface area contributed by atoms with Crippen LogP contribution in [0.5, 0.6) is 11.5 Å². The Morgan fingerprint density at radius 1 is 1.14 bits per heavy atom. The number of methoxy groups -OCH3 is 1. The van der Waals surface area contributed by atoms with Gasteiger partial charge in [-0.05, 0) is 36.4 Å². The Kier molecular flexibility index (Phi) is 6.28. The third-order valence-electron chi connectivity index (χ3n) is 4.40. The number of carbonyl (C=O) groups is 3. The van der Waals surface area contributed by atoms with E-state index in [0.29, 0.717) is 11.4 Å². The fraction of sp³-hybridized carbons (Fsp3) is 0.250. The molecule has 0 bridgehead atoms. The van der Waals surface area contributed by atoms with Gasteiger partial charge in [0.25, 0.3) is 5.91 Å². The number of ether oxygens (including phenoxy) is 2. The van der Waals surface area contributed by atoms with Crippen molar-refractivity contribution in [2.75, 3.05) is 25.2 Å². The first-order valence-electron chi connectivity index (χ1n) is 8.88. The van der Waals surface area contributed by atoms with Crippen LogP contribution in [0.4, 0.5) is 10.1 Å². The highest BCUT2D eigenvalue weighted by molar-refractivity contribution is 6.00. The van der Waals surface area contributed by atoms with Crippen molar-refractivity contribution < 1.29 is 28.2 Å². The lowest BCUT2D eigenvalue weighted by Gasteiger charge is -2.17. The number of rotatable bonds is 6. The van der Waals surface area contributed by atoms with Crippen LogP contribution in [0.2, 0.25) is 0 Å². The average molecular weight is 401 g/mol. The number of benzene rings is 2. The van der Waals surface area contributed by atoms with E-state index in [1.54, 1.807) is 37.4 Å². The minimum absolute atomic E-state index is 0.0272. The minimum Gasteiger partial charge on any atom is -0.497 e. The van der Waals surface area contributed by atoms with Crippen LogP contribution in [0.3, 0.4) is 0 Å². The van der Waals surface area contributed by atoms with Crippen LogP contribution < -0.4 is 25.2 Å². The number of amides is 3. The first-order chi connectivity index (χ1) is 14.0. The standard InChI is InChI=1S/C20H20FN3O5/c1-28-15-8-6-14(7-9-15)24-11-13(10-19(24)26)20(27)23-22-18(25)12-29-17-5-3-2-4-16(17)21/h2-9,13H,10-12H2,1H3,(H,22,25)(H,23,27). The lowest BCUT2D eigenvalue weighted by molar-refractivity contribution is -0.132. The number of nitrogens with zero attached hydrogens (tertiary/aromatic N) is 1. The second-order valence-electron chi connectivity index (χ2n) is 6.36. The van der Waals surface area contributed by atoms with Crippen molar-refractivity contribution in [3.05, 3.63) is 54.3 Å². The molecule has 1 fully saturated rings. The van der Waals surface area contributed by atoms with Gasteiger partial charge < -0.3 is 14.4 Å². The molecule has 0 saturated carbocycles. The number of hydrogen-bond donors (Lipinski definition) is 2. The molecular formula is C20H20FN3O5. The molecule has 3 rings (SSSR count). The van der Waals surface area contributed by atoms with E-state index in [-0.39, 0.29) is 24.6 Å². The molecule has 1 aliphatic heterocycles. The summed E-state index contributed by atoms with van der Waals surface area (Å²) in [4.78, 5) is 37.8.